The SMILES string of the molecule is CCOCCCNC(=NC)NCc1ccc(C(=O)N2CCNC(=O)C2)cc1. The van der Waals surface area contributed by atoms with Crippen LogP contribution in [0.4, 0.5) is 0 Å². The van der Waals surface area contributed by atoms with E-state index >= 15 is 0 Å². The minimum Gasteiger partial charge on any atom is -0.382 e. The molecule has 0 spiro atoms. The predicted octanol–water partition coefficient (Wildman–Crippen LogP) is 0.350. The van der Waals surface area contributed by atoms with Crippen molar-refractivity contribution in [3.8, 4) is 0 Å². The molecule has 2 rings (SSSR count). The second kappa shape index (κ2) is 11.2. The molecule has 8 nitrogen and oxygen atoms in total. The number of benzene rings is 1. The smallest absolute Gasteiger partial charge is 0.254 e. The molecule has 148 valence electrons. The normalized spacial score (nSPS) is 14.7. The number of nitrogens with one attached hydrogen (secondary N) is 3. The number of amides is 2. The Morgan fingerprint density at radius 1 is 1.30 bits per heavy atom. The molecule has 0 atom stereocenters. The second-order valence-electron chi connectivity index (χ2n) is 6.18. The summed E-state index contributed by atoms with van der Waals surface area (Å²) in [5, 5.41) is 9.20. The van der Waals surface area contributed by atoms with Crippen LogP contribution in [0, 0.1) is 0 Å². The van der Waals surface area contributed by atoms with Crippen molar-refractivity contribution in [2.45, 2.75) is 19.9 Å². The zero-order valence-corrected chi connectivity index (χ0v) is 16.1. The highest BCUT2D eigenvalue weighted by Gasteiger charge is 2.21. The minimum atomic E-state index is -0.115. The van der Waals surface area contributed by atoms with Crippen LogP contribution in [0.2, 0.25) is 0 Å². The van der Waals surface area contributed by atoms with Crippen LogP contribution >= 0.6 is 0 Å². The number of rotatable bonds is 8. The van der Waals surface area contributed by atoms with E-state index in [0.29, 0.717) is 25.2 Å². The first-order chi connectivity index (χ1) is 13.1. The Balaban J connectivity index is 1.79. The summed E-state index contributed by atoms with van der Waals surface area (Å²) in [5.41, 5.74) is 1.63. The van der Waals surface area contributed by atoms with Gasteiger partial charge in [-0.1, -0.05) is 12.1 Å². The zero-order valence-electron chi connectivity index (χ0n) is 16.1. The molecule has 1 aliphatic rings. The maximum absolute atomic E-state index is 12.5. The fourth-order valence-corrected chi connectivity index (χ4v) is 2.69. The molecule has 2 amide bonds. The Labute approximate surface area is 160 Å². The first kappa shape index (κ1) is 20.7. The van der Waals surface area contributed by atoms with Gasteiger partial charge in [0.15, 0.2) is 5.96 Å². The first-order valence-electron chi connectivity index (χ1n) is 9.31. The molecule has 0 aliphatic carbocycles. The van der Waals surface area contributed by atoms with Crippen molar-refractivity contribution in [3.63, 3.8) is 0 Å². The van der Waals surface area contributed by atoms with E-state index in [1.54, 1.807) is 24.1 Å². The molecule has 0 saturated carbocycles. The third-order valence-corrected chi connectivity index (χ3v) is 4.17. The molecule has 1 saturated heterocycles. The van der Waals surface area contributed by atoms with Crippen molar-refractivity contribution < 1.29 is 14.3 Å². The van der Waals surface area contributed by atoms with Crippen molar-refractivity contribution in [2.24, 2.45) is 4.99 Å². The lowest BCUT2D eigenvalue weighted by molar-refractivity contribution is -0.123. The van der Waals surface area contributed by atoms with Crippen LogP contribution in [0.25, 0.3) is 0 Å². The maximum Gasteiger partial charge on any atom is 0.254 e. The molecule has 1 aromatic rings. The lowest BCUT2D eigenvalue weighted by Crippen LogP contribution is -2.49. The molecule has 3 N–H and O–H groups in total. The van der Waals surface area contributed by atoms with Crippen molar-refractivity contribution in [1.29, 1.82) is 0 Å². The summed E-state index contributed by atoms with van der Waals surface area (Å²) in [6.45, 7) is 6.00. The van der Waals surface area contributed by atoms with Crippen LogP contribution in [0.15, 0.2) is 29.3 Å². The number of ether oxygens (including phenoxy) is 1. The summed E-state index contributed by atoms with van der Waals surface area (Å²) < 4.78 is 5.31. The van der Waals surface area contributed by atoms with Gasteiger partial charge in [0.05, 0.1) is 6.54 Å². The van der Waals surface area contributed by atoms with Gasteiger partial charge in [0.25, 0.3) is 5.91 Å². The van der Waals surface area contributed by atoms with E-state index in [1.165, 1.54) is 0 Å². The average Bonchev–Trinajstić information content (AvgIpc) is 2.70. The number of carbonyl (C=O) groups excluding carboxylic acids is 2. The van der Waals surface area contributed by atoms with Crippen LogP contribution in [-0.2, 0) is 16.1 Å². The van der Waals surface area contributed by atoms with Crippen LogP contribution < -0.4 is 16.0 Å². The molecule has 8 heteroatoms. The Bertz CT molecular complexity index is 645. The van der Waals surface area contributed by atoms with Crippen LogP contribution in [0.5, 0.6) is 0 Å². The zero-order chi connectivity index (χ0) is 19.5. The van der Waals surface area contributed by atoms with Gasteiger partial charge in [0.1, 0.15) is 0 Å². The van der Waals surface area contributed by atoms with E-state index in [2.05, 4.69) is 20.9 Å². The molecule has 1 fully saturated rings. The number of guanidine groups is 1. The number of nitrogens with zero attached hydrogens (tertiary/aromatic N) is 2. The summed E-state index contributed by atoms with van der Waals surface area (Å²) in [4.78, 5) is 29.6. The predicted molar refractivity (Wildman–Crippen MR) is 105 cm³/mol. The van der Waals surface area contributed by atoms with Gasteiger partial charge in [0, 0.05) is 52.0 Å². The Kier molecular flexibility index (Phi) is 8.57. The van der Waals surface area contributed by atoms with Crippen molar-refractivity contribution in [2.75, 3.05) is 46.4 Å². The lowest BCUT2D eigenvalue weighted by Gasteiger charge is -2.26. The van der Waals surface area contributed by atoms with Gasteiger partial charge in [0.2, 0.25) is 5.91 Å². The molecule has 27 heavy (non-hydrogen) atoms. The summed E-state index contributed by atoms with van der Waals surface area (Å²) in [6.07, 6.45) is 0.917. The fourth-order valence-electron chi connectivity index (χ4n) is 2.69. The van der Waals surface area contributed by atoms with E-state index in [4.69, 9.17) is 4.74 Å². The molecule has 1 heterocycles. The number of piperazine rings is 1. The highest BCUT2D eigenvalue weighted by molar-refractivity contribution is 5.97. The van der Waals surface area contributed by atoms with Crippen molar-refractivity contribution in [1.82, 2.24) is 20.9 Å². The minimum absolute atomic E-state index is 0.115. The standard InChI is InChI=1S/C19H29N5O3/c1-3-27-12-4-9-22-19(20-2)23-13-15-5-7-16(8-6-15)18(26)24-11-10-21-17(25)14-24/h5-8H,3-4,9-14H2,1-2H3,(H,21,25)(H2,20,22,23). The van der Waals surface area contributed by atoms with Gasteiger partial charge >= 0.3 is 0 Å². The molecular weight excluding hydrogens is 346 g/mol. The topological polar surface area (TPSA) is 95.1 Å². The van der Waals surface area contributed by atoms with Gasteiger partial charge in [-0.15, -0.1) is 0 Å². The van der Waals surface area contributed by atoms with Crippen LogP contribution in [0.1, 0.15) is 29.3 Å². The largest absolute Gasteiger partial charge is 0.382 e. The maximum atomic E-state index is 12.5. The van der Waals surface area contributed by atoms with Crippen LogP contribution in [-0.4, -0.2) is 69.1 Å². The van der Waals surface area contributed by atoms with Gasteiger partial charge in [-0.3, -0.25) is 14.6 Å². The third kappa shape index (κ3) is 6.90. The van der Waals surface area contributed by atoms with E-state index in [-0.39, 0.29) is 18.4 Å². The molecule has 1 aromatic carbocycles. The molecule has 0 aromatic heterocycles. The highest BCUT2D eigenvalue weighted by atomic mass is 16.5. The van der Waals surface area contributed by atoms with Gasteiger partial charge in [-0.2, -0.15) is 0 Å². The number of hydrogen-bond acceptors (Lipinski definition) is 4. The monoisotopic (exact) mass is 375 g/mol. The van der Waals surface area contributed by atoms with Gasteiger partial charge < -0.3 is 25.6 Å². The number of carbonyl (C=O) groups is 2. The Hall–Kier alpha value is -2.61. The fraction of sp³-hybridized carbons (Fsp3) is 0.526. The van der Waals surface area contributed by atoms with E-state index in [0.717, 1.165) is 37.7 Å². The second-order valence-corrected chi connectivity index (χ2v) is 6.18. The Morgan fingerprint density at radius 3 is 2.74 bits per heavy atom. The highest BCUT2D eigenvalue weighted by Crippen LogP contribution is 2.09. The van der Waals surface area contributed by atoms with Crippen molar-refractivity contribution in [3.05, 3.63) is 35.4 Å². The number of aliphatic imine (C=N–C) groups is 1. The summed E-state index contributed by atoms with van der Waals surface area (Å²) in [5.74, 6) is 0.498. The summed E-state index contributed by atoms with van der Waals surface area (Å²) in [7, 11) is 1.73. The van der Waals surface area contributed by atoms with Crippen LogP contribution in [0.3, 0.4) is 0 Å². The number of hydrogen-bond donors (Lipinski definition) is 3. The van der Waals surface area contributed by atoms with E-state index in [1.807, 2.05) is 19.1 Å². The Morgan fingerprint density at radius 2 is 2.07 bits per heavy atom. The molecular formula is C19H29N5O3. The molecule has 0 bridgehead atoms. The van der Waals surface area contributed by atoms with Crippen molar-refractivity contribution >= 4 is 17.8 Å². The molecule has 0 unspecified atom stereocenters. The van der Waals surface area contributed by atoms with E-state index in [9.17, 15) is 9.59 Å². The molecule has 0 radical (unpaired) electrons. The lowest BCUT2D eigenvalue weighted by atomic mass is 10.1. The third-order valence-electron chi connectivity index (χ3n) is 4.17. The first-order valence-corrected chi connectivity index (χ1v) is 9.31. The van der Waals surface area contributed by atoms with E-state index < -0.39 is 0 Å². The summed E-state index contributed by atoms with van der Waals surface area (Å²) >= 11 is 0. The quantitative estimate of drug-likeness (QED) is 0.346. The molecule has 1 aliphatic heterocycles. The summed E-state index contributed by atoms with van der Waals surface area (Å²) in [6, 6.07) is 7.41. The van der Waals surface area contributed by atoms with Gasteiger partial charge in [-0.05, 0) is 31.0 Å². The average molecular weight is 375 g/mol. The van der Waals surface area contributed by atoms with Gasteiger partial charge in [-0.25, -0.2) is 0 Å².